The van der Waals surface area contributed by atoms with Crippen LogP contribution in [0.15, 0.2) is 0 Å². The van der Waals surface area contributed by atoms with Crippen molar-refractivity contribution in [3.63, 3.8) is 0 Å². The molecule has 1 saturated heterocycles. The molecule has 8 N–H and O–H groups in total. The maximum Gasteiger partial charge on any atom is 0.321 e. The molecule has 0 aromatic carbocycles. The van der Waals surface area contributed by atoms with E-state index in [1.165, 1.54) is 0 Å². The van der Waals surface area contributed by atoms with Crippen LogP contribution >= 0.6 is 0 Å². The molecule has 1 aliphatic rings. The van der Waals surface area contributed by atoms with E-state index in [2.05, 4.69) is 5.32 Å². The molecule has 1 aliphatic heterocycles. The van der Waals surface area contributed by atoms with Gasteiger partial charge in [0.25, 0.3) is 0 Å². The lowest BCUT2D eigenvalue weighted by Crippen LogP contribution is -2.65. The second kappa shape index (κ2) is 6.43. The van der Waals surface area contributed by atoms with E-state index in [9.17, 15) is 30.0 Å². The van der Waals surface area contributed by atoms with Gasteiger partial charge in [-0.25, -0.2) is 0 Å². The van der Waals surface area contributed by atoms with E-state index in [1.807, 2.05) is 0 Å². The molecule has 10 nitrogen and oxygen atoms in total. The van der Waals surface area contributed by atoms with Gasteiger partial charge in [-0.2, -0.15) is 0 Å². The number of primary amides is 1. The Kier molecular flexibility index (Phi) is 5.39. The Hall–Kier alpha value is -1.30. The maximum absolute atomic E-state index is 10.9. The summed E-state index contributed by atoms with van der Waals surface area (Å²) in [5.74, 6) is -4.53. The number of carboxylic acids is 1. The third-order valence-electron chi connectivity index (χ3n) is 2.99. The molecule has 0 aromatic rings. The van der Waals surface area contributed by atoms with Crippen molar-refractivity contribution in [2.75, 3.05) is 13.2 Å². The zero-order chi connectivity index (χ0) is 15.5. The average molecular weight is 294 g/mol. The molecule has 0 bridgehead atoms. The molecular weight excluding hydrogens is 276 g/mol. The van der Waals surface area contributed by atoms with E-state index < -0.39 is 61.6 Å². The van der Waals surface area contributed by atoms with Crippen molar-refractivity contribution >= 4 is 11.9 Å². The van der Waals surface area contributed by atoms with Crippen molar-refractivity contribution in [3.05, 3.63) is 0 Å². The van der Waals surface area contributed by atoms with E-state index >= 15 is 0 Å². The summed E-state index contributed by atoms with van der Waals surface area (Å²) in [6.45, 7) is -1.02. The lowest BCUT2D eigenvalue weighted by molar-refractivity contribution is -0.318. The smallest absolute Gasteiger partial charge is 0.321 e. The van der Waals surface area contributed by atoms with Gasteiger partial charge in [-0.1, -0.05) is 0 Å². The SMILES string of the molecule is NC(=O)C[C@H](NC[C@@]1(O)OC[C@@H](O)C(O)C1O)C(=O)O. The minimum Gasteiger partial charge on any atom is -0.480 e. The number of hydrogen-bond acceptors (Lipinski definition) is 8. The molecule has 1 fully saturated rings. The number of aliphatic hydroxyl groups is 4. The maximum atomic E-state index is 10.9. The zero-order valence-electron chi connectivity index (χ0n) is 10.5. The molecule has 1 amide bonds. The van der Waals surface area contributed by atoms with Crippen LogP contribution in [0.4, 0.5) is 0 Å². The largest absolute Gasteiger partial charge is 0.480 e. The Balaban J connectivity index is 2.66. The number of carbonyl (C=O) groups is 2. The second-order valence-corrected chi connectivity index (χ2v) is 4.60. The lowest BCUT2D eigenvalue weighted by atomic mass is 9.96. The number of amides is 1. The van der Waals surface area contributed by atoms with Crippen molar-refractivity contribution in [1.82, 2.24) is 5.32 Å². The molecule has 20 heavy (non-hydrogen) atoms. The number of nitrogens with one attached hydrogen (secondary N) is 1. The van der Waals surface area contributed by atoms with Crippen LogP contribution in [0.2, 0.25) is 0 Å². The normalized spacial score (nSPS) is 35.5. The first-order valence-electron chi connectivity index (χ1n) is 5.82. The van der Waals surface area contributed by atoms with Gasteiger partial charge >= 0.3 is 5.97 Å². The quantitative estimate of drug-likeness (QED) is 0.255. The standard InChI is InChI=1S/C10H18N2O8/c11-6(14)1-4(9(17)18)12-3-10(19)8(16)7(15)5(13)2-20-10/h4-5,7-8,12-13,15-16,19H,1-3H2,(H2,11,14)(H,17,18)/t4-,5+,7?,8?,10+/m0/s1. The molecule has 0 radical (unpaired) electrons. The average Bonchev–Trinajstić information content (AvgIpc) is 2.36. The molecule has 1 heterocycles. The highest BCUT2D eigenvalue weighted by atomic mass is 16.6. The van der Waals surface area contributed by atoms with Crippen LogP contribution < -0.4 is 11.1 Å². The Morgan fingerprint density at radius 1 is 1.40 bits per heavy atom. The van der Waals surface area contributed by atoms with Gasteiger partial charge < -0.3 is 36.0 Å². The first-order valence-corrected chi connectivity index (χ1v) is 5.82. The summed E-state index contributed by atoms with van der Waals surface area (Å²) >= 11 is 0. The van der Waals surface area contributed by atoms with Crippen molar-refractivity contribution in [3.8, 4) is 0 Å². The topological polar surface area (TPSA) is 183 Å². The van der Waals surface area contributed by atoms with Crippen LogP contribution in [-0.2, 0) is 14.3 Å². The molecule has 5 atom stereocenters. The minimum absolute atomic E-state index is 0.441. The van der Waals surface area contributed by atoms with Crippen LogP contribution in [0.3, 0.4) is 0 Å². The molecule has 0 spiro atoms. The first-order chi connectivity index (χ1) is 9.17. The van der Waals surface area contributed by atoms with Gasteiger partial charge in [0.2, 0.25) is 11.7 Å². The summed E-state index contributed by atoms with van der Waals surface area (Å²) in [4.78, 5) is 21.6. The molecule has 0 aliphatic carbocycles. The van der Waals surface area contributed by atoms with Gasteiger partial charge in [-0.05, 0) is 0 Å². The number of aliphatic carboxylic acids is 1. The second-order valence-electron chi connectivity index (χ2n) is 4.60. The predicted octanol–water partition coefficient (Wildman–Crippen LogP) is -4.29. The zero-order valence-corrected chi connectivity index (χ0v) is 10.5. The van der Waals surface area contributed by atoms with Crippen LogP contribution in [0.1, 0.15) is 6.42 Å². The van der Waals surface area contributed by atoms with Gasteiger partial charge in [-0.3, -0.25) is 14.9 Å². The fraction of sp³-hybridized carbons (Fsp3) is 0.800. The van der Waals surface area contributed by atoms with E-state index in [-0.39, 0.29) is 0 Å². The molecule has 0 saturated carbocycles. The van der Waals surface area contributed by atoms with Crippen LogP contribution in [0.25, 0.3) is 0 Å². The summed E-state index contributed by atoms with van der Waals surface area (Å²) < 4.78 is 4.82. The van der Waals surface area contributed by atoms with Gasteiger partial charge in [0.05, 0.1) is 19.6 Å². The van der Waals surface area contributed by atoms with Crippen molar-refractivity contribution in [2.24, 2.45) is 5.73 Å². The predicted molar refractivity (Wildman–Crippen MR) is 62.2 cm³/mol. The molecule has 1 rings (SSSR count). The highest BCUT2D eigenvalue weighted by molar-refractivity contribution is 5.83. The van der Waals surface area contributed by atoms with Crippen molar-refractivity contribution < 1.29 is 39.9 Å². The first kappa shape index (κ1) is 16.8. The lowest BCUT2D eigenvalue weighted by Gasteiger charge is -2.42. The number of ether oxygens (including phenoxy) is 1. The molecular formula is C10H18N2O8. The monoisotopic (exact) mass is 294 g/mol. The van der Waals surface area contributed by atoms with Crippen LogP contribution in [0.5, 0.6) is 0 Å². The number of rotatable bonds is 6. The number of carbonyl (C=O) groups excluding carboxylic acids is 1. The molecule has 116 valence electrons. The third kappa shape index (κ3) is 3.85. The van der Waals surface area contributed by atoms with E-state index in [0.717, 1.165) is 0 Å². The Morgan fingerprint density at radius 2 is 2.00 bits per heavy atom. The van der Waals surface area contributed by atoms with E-state index in [4.69, 9.17) is 15.6 Å². The van der Waals surface area contributed by atoms with Crippen LogP contribution in [-0.4, -0.2) is 80.7 Å². The van der Waals surface area contributed by atoms with Gasteiger partial charge in [0.15, 0.2) is 0 Å². The Bertz CT molecular complexity index is 378. The summed E-state index contributed by atoms with van der Waals surface area (Å²) in [7, 11) is 0. The van der Waals surface area contributed by atoms with Gasteiger partial charge in [-0.15, -0.1) is 0 Å². The Morgan fingerprint density at radius 3 is 2.50 bits per heavy atom. The summed E-state index contributed by atoms with van der Waals surface area (Å²) in [6, 6.07) is -1.38. The fourth-order valence-corrected chi connectivity index (χ4v) is 1.76. The number of nitrogens with two attached hydrogens (primary N) is 1. The molecule has 2 unspecified atom stereocenters. The van der Waals surface area contributed by atoms with Crippen LogP contribution in [0, 0.1) is 0 Å². The van der Waals surface area contributed by atoms with E-state index in [0.29, 0.717) is 0 Å². The van der Waals surface area contributed by atoms with Crippen molar-refractivity contribution in [1.29, 1.82) is 0 Å². The van der Waals surface area contributed by atoms with Crippen molar-refractivity contribution in [2.45, 2.75) is 36.6 Å². The fourth-order valence-electron chi connectivity index (χ4n) is 1.76. The summed E-state index contributed by atoms with van der Waals surface area (Å²) in [6.07, 6.45) is -5.38. The molecule has 0 aromatic heterocycles. The minimum atomic E-state index is -2.29. The van der Waals surface area contributed by atoms with Gasteiger partial charge in [0.1, 0.15) is 24.4 Å². The highest BCUT2D eigenvalue weighted by Crippen LogP contribution is 2.23. The summed E-state index contributed by atoms with van der Waals surface area (Å²) in [5.41, 5.74) is 4.88. The van der Waals surface area contributed by atoms with Gasteiger partial charge in [0, 0.05) is 0 Å². The van der Waals surface area contributed by atoms with E-state index in [1.54, 1.807) is 0 Å². The Labute approximate surface area is 113 Å². The third-order valence-corrected chi connectivity index (χ3v) is 2.99. The number of aliphatic hydroxyl groups excluding tert-OH is 3. The summed E-state index contributed by atoms with van der Waals surface area (Å²) in [5, 5.41) is 49.5. The number of hydrogen-bond donors (Lipinski definition) is 7. The molecule has 10 heteroatoms. The highest BCUT2D eigenvalue weighted by Gasteiger charge is 2.48. The number of carboxylic acid groups (broad SMARTS) is 1.